The molecule has 1 aliphatic heterocycles. The molecule has 6 nitrogen and oxygen atoms in total. The van der Waals surface area contributed by atoms with Crippen LogP contribution in [0.5, 0.6) is 0 Å². The number of nitrogens with zero attached hydrogens (tertiary/aromatic N) is 1. The molecule has 2 aliphatic rings. The zero-order chi connectivity index (χ0) is 19.1. The van der Waals surface area contributed by atoms with Gasteiger partial charge in [0.25, 0.3) is 0 Å². The molecule has 6 heteroatoms. The van der Waals surface area contributed by atoms with Gasteiger partial charge in [-0.05, 0) is 37.7 Å². The summed E-state index contributed by atoms with van der Waals surface area (Å²) >= 11 is 0. The van der Waals surface area contributed by atoms with Gasteiger partial charge in [-0.25, -0.2) is 9.59 Å². The van der Waals surface area contributed by atoms with Gasteiger partial charge < -0.3 is 20.3 Å². The number of carbonyl (C=O) groups excluding carboxylic acids is 2. The van der Waals surface area contributed by atoms with Crippen LogP contribution in [0.25, 0.3) is 0 Å². The highest BCUT2D eigenvalue weighted by molar-refractivity contribution is 5.74. The van der Waals surface area contributed by atoms with Crippen molar-refractivity contribution in [3.8, 4) is 0 Å². The van der Waals surface area contributed by atoms with Crippen LogP contribution < -0.4 is 10.6 Å². The molecule has 1 saturated heterocycles. The second kappa shape index (κ2) is 9.11. The number of unbranched alkanes of at least 4 members (excludes halogenated alkanes) is 1. The summed E-state index contributed by atoms with van der Waals surface area (Å²) in [5, 5.41) is 5.99. The fourth-order valence-corrected chi connectivity index (χ4v) is 4.01. The Balaban J connectivity index is 1.33. The summed E-state index contributed by atoms with van der Waals surface area (Å²) < 4.78 is 5.41. The van der Waals surface area contributed by atoms with Crippen molar-refractivity contribution in [1.29, 1.82) is 0 Å². The number of hydrogen-bond acceptors (Lipinski definition) is 3. The summed E-state index contributed by atoms with van der Waals surface area (Å²) in [6.45, 7) is 4.72. The van der Waals surface area contributed by atoms with Crippen molar-refractivity contribution in [2.45, 2.75) is 58.1 Å². The van der Waals surface area contributed by atoms with E-state index in [1.54, 1.807) is 4.90 Å². The summed E-state index contributed by atoms with van der Waals surface area (Å²) in [6.07, 6.45) is 5.93. The molecule has 3 amide bonds. The van der Waals surface area contributed by atoms with Crippen LogP contribution >= 0.6 is 0 Å². The molecule has 0 radical (unpaired) electrons. The van der Waals surface area contributed by atoms with Gasteiger partial charge in [0, 0.05) is 31.1 Å². The summed E-state index contributed by atoms with van der Waals surface area (Å²) in [5.74, 6) is 0. The van der Waals surface area contributed by atoms with Gasteiger partial charge >= 0.3 is 12.1 Å². The average molecular weight is 373 g/mol. The zero-order valence-corrected chi connectivity index (χ0v) is 16.2. The number of hydrogen-bond donors (Lipinski definition) is 2. The summed E-state index contributed by atoms with van der Waals surface area (Å²) in [4.78, 5) is 25.9. The monoisotopic (exact) mass is 373 g/mol. The lowest BCUT2D eigenvalue weighted by molar-refractivity contribution is -0.0311. The number of ether oxygens (including phenoxy) is 1. The largest absolute Gasteiger partial charge is 0.445 e. The Morgan fingerprint density at radius 1 is 1.19 bits per heavy atom. The van der Waals surface area contributed by atoms with Crippen LogP contribution in [0, 0.1) is 5.41 Å². The lowest BCUT2D eigenvalue weighted by Gasteiger charge is -2.52. The summed E-state index contributed by atoms with van der Waals surface area (Å²) in [5.41, 5.74) is 1.23. The van der Waals surface area contributed by atoms with Crippen LogP contribution in [0.15, 0.2) is 30.3 Å². The van der Waals surface area contributed by atoms with Crippen molar-refractivity contribution < 1.29 is 14.3 Å². The van der Waals surface area contributed by atoms with Gasteiger partial charge in [-0.1, -0.05) is 43.7 Å². The third kappa shape index (κ3) is 5.37. The lowest BCUT2D eigenvalue weighted by Crippen LogP contribution is -2.60. The van der Waals surface area contributed by atoms with Crippen molar-refractivity contribution in [1.82, 2.24) is 15.5 Å². The van der Waals surface area contributed by atoms with E-state index in [1.165, 1.54) is 0 Å². The van der Waals surface area contributed by atoms with E-state index in [1.807, 2.05) is 30.3 Å². The second-order valence-corrected chi connectivity index (χ2v) is 7.92. The molecule has 1 aromatic rings. The molecule has 1 aliphatic carbocycles. The highest BCUT2D eigenvalue weighted by Crippen LogP contribution is 2.44. The number of urea groups is 1. The highest BCUT2D eigenvalue weighted by Gasteiger charge is 2.47. The van der Waals surface area contributed by atoms with E-state index in [-0.39, 0.29) is 23.6 Å². The molecule has 2 N–H and O–H groups in total. The van der Waals surface area contributed by atoms with Gasteiger partial charge in [0.2, 0.25) is 0 Å². The molecule has 1 heterocycles. The van der Waals surface area contributed by atoms with Gasteiger partial charge in [0.05, 0.1) is 0 Å². The first-order chi connectivity index (χ1) is 13.1. The van der Waals surface area contributed by atoms with Gasteiger partial charge in [0.15, 0.2) is 0 Å². The van der Waals surface area contributed by atoms with E-state index in [0.29, 0.717) is 6.61 Å². The normalized spacial score (nSPS) is 18.6. The van der Waals surface area contributed by atoms with Crippen LogP contribution in [0.3, 0.4) is 0 Å². The summed E-state index contributed by atoms with van der Waals surface area (Å²) in [7, 11) is 0. The number of benzene rings is 1. The number of amides is 3. The van der Waals surface area contributed by atoms with E-state index in [0.717, 1.165) is 63.7 Å². The van der Waals surface area contributed by atoms with Crippen molar-refractivity contribution in [2.75, 3.05) is 19.6 Å². The van der Waals surface area contributed by atoms with Gasteiger partial charge in [0.1, 0.15) is 6.61 Å². The zero-order valence-electron chi connectivity index (χ0n) is 16.2. The predicted octanol–water partition coefficient (Wildman–Crippen LogP) is 3.67. The first kappa shape index (κ1) is 19.5. The first-order valence-corrected chi connectivity index (χ1v) is 10.1. The van der Waals surface area contributed by atoms with Gasteiger partial charge in [-0.2, -0.15) is 0 Å². The number of nitrogens with one attached hydrogen (secondary N) is 2. The van der Waals surface area contributed by atoms with Crippen LogP contribution in [-0.2, 0) is 11.3 Å². The molecule has 1 spiro atoms. The molecular weight excluding hydrogens is 342 g/mol. The van der Waals surface area contributed by atoms with Gasteiger partial charge in [-0.3, -0.25) is 0 Å². The lowest BCUT2D eigenvalue weighted by atomic mass is 9.67. The Morgan fingerprint density at radius 3 is 2.56 bits per heavy atom. The van der Waals surface area contributed by atoms with Crippen molar-refractivity contribution >= 4 is 12.1 Å². The standard InChI is InChI=1S/C21H31N3O3/c1-2-3-13-22-19(25)23-18-9-11-21(12-10-18)15-24(16-21)20(26)27-14-17-7-5-4-6-8-17/h4-8,18H,2-3,9-16H2,1H3,(H2,22,23,25). The Bertz CT molecular complexity index is 619. The van der Waals surface area contributed by atoms with Crippen molar-refractivity contribution in [3.63, 3.8) is 0 Å². The maximum Gasteiger partial charge on any atom is 0.410 e. The molecule has 2 fully saturated rings. The van der Waals surface area contributed by atoms with Gasteiger partial charge in [-0.15, -0.1) is 0 Å². The number of carbonyl (C=O) groups is 2. The van der Waals surface area contributed by atoms with Crippen LogP contribution in [0.1, 0.15) is 51.0 Å². The first-order valence-electron chi connectivity index (χ1n) is 10.1. The topological polar surface area (TPSA) is 70.7 Å². The number of rotatable bonds is 6. The minimum absolute atomic E-state index is 0.0517. The number of likely N-dealkylation sites (tertiary alicyclic amines) is 1. The Hall–Kier alpha value is -2.24. The van der Waals surface area contributed by atoms with Crippen molar-refractivity contribution in [3.05, 3.63) is 35.9 Å². The van der Waals surface area contributed by atoms with Crippen LogP contribution in [0.4, 0.5) is 9.59 Å². The molecule has 0 unspecified atom stereocenters. The predicted molar refractivity (Wildman–Crippen MR) is 104 cm³/mol. The molecule has 1 saturated carbocycles. The third-order valence-electron chi connectivity index (χ3n) is 5.71. The molecule has 148 valence electrons. The van der Waals surface area contributed by atoms with Crippen LogP contribution in [-0.4, -0.2) is 42.7 Å². The highest BCUT2D eigenvalue weighted by atomic mass is 16.6. The third-order valence-corrected chi connectivity index (χ3v) is 5.71. The Kier molecular flexibility index (Phi) is 6.58. The SMILES string of the molecule is CCCCNC(=O)NC1CCC2(CC1)CN(C(=O)OCc1ccccc1)C2. The molecule has 0 aromatic heterocycles. The maximum atomic E-state index is 12.2. The molecular formula is C21H31N3O3. The van der Waals surface area contributed by atoms with E-state index >= 15 is 0 Å². The van der Waals surface area contributed by atoms with Crippen molar-refractivity contribution in [2.24, 2.45) is 5.41 Å². The fourth-order valence-electron chi connectivity index (χ4n) is 4.01. The van der Waals surface area contributed by atoms with E-state index in [4.69, 9.17) is 4.74 Å². The molecule has 3 rings (SSSR count). The quantitative estimate of drug-likeness (QED) is 0.748. The summed E-state index contributed by atoms with van der Waals surface area (Å²) in [6, 6.07) is 9.94. The minimum Gasteiger partial charge on any atom is -0.445 e. The molecule has 27 heavy (non-hydrogen) atoms. The van der Waals surface area contributed by atoms with E-state index in [9.17, 15) is 9.59 Å². The maximum absolute atomic E-state index is 12.2. The molecule has 0 bridgehead atoms. The Morgan fingerprint density at radius 2 is 1.89 bits per heavy atom. The molecule has 0 atom stereocenters. The van der Waals surface area contributed by atoms with Crippen LogP contribution in [0.2, 0.25) is 0 Å². The average Bonchev–Trinajstić information content (AvgIpc) is 2.66. The smallest absolute Gasteiger partial charge is 0.410 e. The fraction of sp³-hybridized carbons (Fsp3) is 0.619. The second-order valence-electron chi connectivity index (χ2n) is 7.92. The van der Waals surface area contributed by atoms with E-state index in [2.05, 4.69) is 17.6 Å². The molecule has 1 aromatic carbocycles. The Labute approximate surface area is 161 Å². The van der Waals surface area contributed by atoms with E-state index < -0.39 is 0 Å². The minimum atomic E-state index is -0.222.